The molecular weight excluding hydrogens is 635 g/mol. The zero-order chi connectivity index (χ0) is 33.0. The SMILES string of the molecule is CCCC1CCC2c3ccc(OCC)cc3OC(F)(F)C2C1.CCCC1CCC2c3ccc(OCC)cc3OC3(SCCCS3)C2C1. The Bertz CT molecular complexity index is 1330. The molecule has 7 rings (SSSR count). The first-order chi connectivity index (χ1) is 22.8. The van der Waals surface area contributed by atoms with Crippen LogP contribution in [0.2, 0.25) is 0 Å². The molecule has 8 heteroatoms. The van der Waals surface area contributed by atoms with Gasteiger partial charge in [-0.1, -0.05) is 51.7 Å². The highest BCUT2D eigenvalue weighted by atomic mass is 32.2. The van der Waals surface area contributed by atoms with Gasteiger partial charge in [-0.15, -0.1) is 23.5 Å². The van der Waals surface area contributed by atoms with Crippen molar-refractivity contribution in [2.45, 2.75) is 121 Å². The molecule has 3 heterocycles. The molecule has 0 radical (unpaired) electrons. The minimum atomic E-state index is -3.07. The van der Waals surface area contributed by atoms with Gasteiger partial charge in [0.05, 0.1) is 19.1 Å². The molecule has 2 aromatic carbocycles. The maximum absolute atomic E-state index is 14.5. The van der Waals surface area contributed by atoms with Crippen LogP contribution in [0.25, 0.3) is 0 Å². The van der Waals surface area contributed by atoms with Crippen LogP contribution in [-0.2, 0) is 0 Å². The van der Waals surface area contributed by atoms with Crippen molar-refractivity contribution in [3.8, 4) is 23.0 Å². The van der Waals surface area contributed by atoms with Gasteiger partial charge in [-0.3, -0.25) is 0 Å². The van der Waals surface area contributed by atoms with E-state index in [0.717, 1.165) is 48.7 Å². The van der Waals surface area contributed by atoms with Crippen molar-refractivity contribution >= 4 is 23.5 Å². The minimum Gasteiger partial charge on any atom is -0.494 e. The molecule has 260 valence electrons. The van der Waals surface area contributed by atoms with Crippen LogP contribution in [0.1, 0.15) is 121 Å². The molecule has 2 aliphatic carbocycles. The maximum atomic E-state index is 14.5. The average Bonchev–Trinajstić information content (AvgIpc) is 3.06. The van der Waals surface area contributed by atoms with Gasteiger partial charge in [-0.25, -0.2) is 0 Å². The molecule has 3 aliphatic heterocycles. The van der Waals surface area contributed by atoms with Crippen molar-refractivity contribution in [2.24, 2.45) is 23.7 Å². The minimum absolute atomic E-state index is 0.0623. The lowest BCUT2D eigenvalue weighted by Gasteiger charge is -2.52. The number of hydrogen-bond donors (Lipinski definition) is 0. The van der Waals surface area contributed by atoms with Crippen LogP contribution < -0.4 is 18.9 Å². The zero-order valence-corrected chi connectivity index (χ0v) is 30.4. The van der Waals surface area contributed by atoms with E-state index in [2.05, 4.69) is 55.6 Å². The summed E-state index contributed by atoms with van der Waals surface area (Å²) in [6.45, 7) is 9.58. The highest BCUT2D eigenvalue weighted by Crippen LogP contribution is 2.62. The molecule has 6 unspecified atom stereocenters. The Balaban J connectivity index is 0.000000166. The summed E-state index contributed by atoms with van der Waals surface area (Å²) in [4.78, 5) is 0. The van der Waals surface area contributed by atoms with Crippen molar-refractivity contribution < 1.29 is 27.7 Å². The summed E-state index contributed by atoms with van der Waals surface area (Å²) >= 11 is 4.15. The van der Waals surface area contributed by atoms with Gasteiger partial charge in [0.25, 0.3) is 0 Å². The molecule has 4 nitrogen and oxygen atoms in total. The summed E-state index contributed by atoms with van der Waals surface area (Å²) in [5.74, 6) is 7.20. The second-order valence-electron chi connectivity index (χ2n) is 14.0. The molecule has 1 saturated heterocycles. The molecule has 0 N–H and O–H groups in total. The number of fused-ring (bicyclic) bond motifs is 7. The largest absolute Gasteiger partial charge is 0.494 e. The fraction of sp³-hybridized carbons (Fsp3) is 0.692. The second kappa shape index (κ2) is 15.4. The van der Waals surface area contributed by atoms with Gasteiger partial charge in [0, 0.05) is 18.1 Å². The summed E-state index contributed by atoms with van der Waals surface area (Å²) in [6.07, 6.45) is 9.50. The monoisotopic (exact) mass is 688 g/mol. The molecule has 5 aliphatic rings. The number of hydrogen-bond acceptors (Lipinski definition) is 6. The van der Waals surface area contributed by atoms with Crippen molar-refractivity contribution in [2.75, 3.05) is 24.7 Å². The highest BCUT2D eigenvalue weighted by Gasteiger charge is 2.55. The molecule has 6 atom stereocenters. The predicted octanol–water partition coefficient (Wildman–Crippen LogP) is 11.7. The second-order valence-corrected chi connectivity index (χ2v) is 16.9. The molecule has 0 bridgehead atoms. The van der Waals surface area contributed by atoms with Crippen LogP contribution in [0, 0.1) is 23.7 Å². The van der Waals surface area contributed by atoms with Crippen molar-refractivity contribution in [3.05, 3.63) is 47.5 Å². The Morgan fingerprint density at radius 3 is 1.74 bits per heavy atom. The molecule has 0 aromatic heterocycles. The summed E-state index contributed by atoms with van der Waals surface area (Å²) in [5.41, 5.74) is 2.36. The Kier molecular flexibility index (Phi) is 11.5. The van der Waals surface area contributed by atoms with E-state index in [-0.39, 0.29) is 10.2 Å². The van der Waals surface area contributed by atoms with Crippen molar-refractivity contribution in [1.29, 1.82) is 0 Å². The third-order valence-corrected chi connectivity index (χ3v) is 14.3. The van der Waals surface area contributed by atoms with E-state index in [1.807, 2.05) is 26.0 Å². The molecule has 47 heavy (non-hydrogen) atoms. The fourth-order valence-corrected chi connectivity index (χ4v) is 12.4. The van der Waals surface area contributed by atoms with Gasteiger partial charge < -0.3 is 18.9 Å². The van der Waals surface area contributed by atoms with E-state index in [0.29, 0.717) is 48.9 Å². The normalized spacial score (nSPS) is 29.7. The Hall–Kier alpha value is -1.80. The summed E-state index contributed by atoms with van der Waals surface area (Å²) in [5, 5.41) is 0. The van der Waals surface area contributed by atoms with Gasteiger partial charge in [0.15, 0.2) is 0 Å². The quantitative estimate of drug-likeness (QED) is 0.275. The Morgan fingerprint density at radius 2 is 1.21 bits per heavy atom. The third kappa shape index (κ3) is 7.54. The van der Waals surface area contributed by atoms with Crippen LogP contribution >= 0.6 is 23.5 Å². The number of rotatable bonds is 8. The number of ether oxygens (including phenoxy) is 4. The number of thioether (sulfide) groups is 2. The van der Waals surface area contributed by atoms with Crippen LogP contribution in [-0.4, -0.2) is 35.1 Å². The van der Waals surface area contributed by atoms with Crippen molar-refractivity contribution in [1.82, 2.24) is 0 Å². The first-order valence-electron chi connectivity index (χ1n) is 18.4. The lowest BCUT2D eigenvalue weighted by Crippen LogP contribution is -2.48. The topological polar surface area (TPSA) is 36.9 Å². The maximum Gasteiger partial charge on any atom is 0.401 e. The lowest BCUT2D eigenvalue weighted by atomic mass is 9.68. The average molecular weight is 689 g/mol. The van der Waals surface area contributed by atoms with Crippen LogP contribution in [0.4, 0.5) is 8.78 Å². The molecular formula is C39H54F2O4S2. The number of halogens is 2. The number of alkyl halides is 2. The Morgan fingerprint density at radius 1 is 0.702 bits per heavy atom. The first kappa shape index (κ1) is 35.0. The highest BCUT2D eigenvalue weighted by molar-refractivity contribution is 8.18. The molecule has 2 aromatic rings. The fourth-order valence-electron chi connectivity index (χ4n) is 8.95. The molecule has 2 saturated carbocycles. The van der Waals surface area contributed by atoms with E-state index in [1.54, 1.807) is 6.07 Å². The van der Waals surface area contributed by atoms with Crippen molar-refractivity contribution in [3.63, 3.8) is 0 Å². The van der Waals surface area contributed by atoms with Crippen LogP contribution in [0.15, 0.2) is 36.4 Å². The van der Waals surface area contributed by atoms with Gasteiger partial charge in [0.2, 0.25) is 4.27 Å². The van der Waals surface area contributed by atoms with Gasteiger partial charge in [-0.2, -0.15) is 8.78 Å². The van der Waals surface area contributed by atoms with Gasteiger partial charge in [-0.05, 0) is 117 Å². The number of benzene rings is 2. The molecule has 3 fully saturated rings. The molecule has 1 spiro atoms. The summed E-state index contributed by atoms with van der Waals surface area (Å²) < 4.78 is 51.9. The van der Waals surface area contributed by atoms with Gasteiger partial charge in [0.1, 0.15) is 23.0 Å². The van der Waals surface area contributed by atoms with E-state index in [4.69, 9.17) is 18.9 Å². The third-order valence-electron chi connectivity index (χ3n) is 11.0. The van der Waals surface area contributed by atoms with E-state index in [1.165, 1.54) is 55.6 Å². The van der Waals surface area contributed by atoms with Crippen LogP contribution in [0.3, 0.4) is 0 Å². The summed E-state index contributed by atoms with van der Waals surface area (Å²) in [7, 11) is 0. The van der Waals surface area contributed by atoms with E-state index >= 15 is 0 Å². The van der Waals surface area contributed by atoms with Gasteiger partial charge >= 0.3 is 6.11 Å². The zero-order valence-electron chi connectivity index (χ0n) is 28.7. The van der Waals surface area contributed by atoms with Crippen LogP contribution in [0.5, 0.6) is 23.0 Å². The van der Waals surface area contributed by atoms with E-state index in [9.17, 15) is 8.78 Å². The van der Waals surface area contributed by atoms with E-state index < -0.39 is 12.0 Å². The first-order valence-corrected chi connectivity index (χ1v) is 20.3. The molecule has 0 amide bonds. The predicted molar refractivity (Wildman–Crippen MR) is 191 cm³/mol. The Labute approximate surface area is 289 Å². The smallest absolute Gasteiger partial charge is 0.401 e. The lowest BCUT2D eigenvalue weighted by molar-refractivity contribution is -0.239. The standard InChI is InChI=1S/C21H30O2S2.C18H24F2O2/c1-3-6-15-7-9-17-18-10-8-16(22-4-2)14-20(18)23-21(19(17)13-15)24-11-5-12-25-21;1-3-5-12-6-8-14-15-9-7-13(21-4-2)11-17(15)22-18(19,20)16(14)10-12/h8,10,14-15,17,19H,3-7,9,11-13H2,1-2H3;7,9,11-12,14,16H,3-6,8,10H2,1-2H3. The summed E-state index contributed by atoms with van der Waals surface area (Å²) in [6, 6.07) is 12.0.